The van der Waals surface area contributed by atoms with E-state index in [0.717, 1.165) is 45.3 Å². The molecule has 49 heavy (non-hydrogen) atoms. The first-order valence-electron chi connectivity index (χ1n) is 17.0. The van der Waals surface area contributed by atoms with Gasteiger partial charge in [-0.2, -0.15) is 0 Å². The summed E-state index contributed by atoms with van der Waals surface area (Å²) in [7, 11) is 0. The van der Waals surface area contributed by atoms with Gasteiger partial charge in [0.1, 0.15) is 49.4 Å². The summed E-state index contributed by atoms with van der Waals surface area (Å²) >= 11 is 0. The molecule has 2 fully saturated rings. The smallest absolute Gasteiger partial charge is 0.181 e. The highest BCUT2D eigenvalue weighted by molar-refractivity contribution is 5.65. The van der Waals surface area contributed by atoms with Crippen molar-refractivity contribution in [1.29, 1.82) is 0 Å². The molecular weight excluding hydrogens is 624 g/mol. The van der Waals surface area contributed by atoms with E-state index in [-0.39, 0.29) is 12.6 Å². The summed E-state index contributed by atoms with van der Waals surface area (Å²) in [4.78, 5) is 0. The van der Waals surface area contributed by atoms with Crippen molar-refractivity contribution in [2.45, 2.75) is 26.4 Å². The fourth-order valence-corrected chi connectivity index (χ4v) is 4.90. The van der Waals surface area contributed by atoms with E-state index >= 15 is 0 Å². The molecule has 2 aliphatic heterocycles. The Balaban J connectivity index is 0.817. The van der Waals surface area contributed by atoms with Crippen LogP contribution in [-0.4, -0.2) is 78.6 Å². The molecule has 9 nitrogen and oxygen atoms in total. The van der Waals surface area contributed by atoms with Crippen molar-refractivity contribution in [1.82, 2.24) is 0 Å². The highest BCUT2D eigenvalue weighted by atomic mass is 16.8. The average molecular weight is 671 g/mol. The molecule has 0 bridgehead atoms. The fraction of sp³-hybridized carbons (Fsp3) is 0.400. The third kappa shape index (κ3) is 12.1. The zero-order valence-corrected chi connectivity index (χ0v) is 28.3. The second-order valence-electron chi connectivity index (χ2n) is 12.4. The number of epoxide rings is 2. The zero-order valence-electron chi connectivity index (χ0n) is 28.3. The zero-order chi connectivity index (χ0) is 33.7. The van der Waals surface area contributed by atoms with Gasteiger partial charge in [-0.3, -0.25) is 0 Å². The Morgan fingerprint density at radius 2 is 0.755 bits per heavy atom. The molecule has 0 radical (unpaired) electrons. The Bertz CT molecular complexity index is 1400. The summed E-state index contributed by atoms with van der Waals surface area (Å²) in [6.07, 6.45) is -0.0271. The number of benzene rings is 4. The fourth-order valence-electron chi connectivity index (χ4n) is 4.90. The average Bonchev–Trinajstić information content (AvgIpc) is 4.08. The van der Waals surface area contributed by atoms with Crippen molar-refractivity contribution in [2.75, 3.05) is 66.1 Å². The molecule has 0 aromatic heterocycles. The number of hydrogen-bond acceptors (Lipinski definition) is 9. The van der Waals surface area contributed by atoms with Crippen LogP contribution in [-0.2, 0) is 23.7 Å². The molecule has 4 aromatic carbocycles. The Morgan fingerprint density at radius 3 is 1.06 bits per heavy atom. The lowest BCUT2D eigenvalue weighted by atomic mass is 10.1. The molecule has 2 saturated heterocycles. The predicted octanol–water partition coefficient (Wildman–Crippen LogP) is 7.27. The number of ether oxygens (including phenoxy) is 9. The predicted molar refractivity (Wildman–Crippen MR) is 186 cm³/mol. The number of rotatable bonds is 22. The first-order valence-corrected chi connectivity index (χ1v) is 17.0. The minimum absolute atomic E-state index is 0.0136. The highest BCUT2D eigenvalue weighted by Gasteiger charge is 2.24. The van der Waals surface area contributed by atoms with Gasteiger partial charge in [0.25, 0.3) is 0 Å². The second kappa shape index (κ2) is 18.0. The van der Waals surface area contributed by atoms with Gasteiger partial charge in [-0.15, -0.1) is 0 Å². The van der Waals surface area contributed by atoms with E-state index in [4.69, 9.17) is 42.6 Å². The molecule has 0 amide bonds. The first-order chi connectivity index (χ1) is 24.1. The van der Waals surface area contributed by atoms with Crippen LogP contribution in [0.2, 0.25) is 0 Å². The van der Waals surface area contributed by atoms with E-state index in [2.05, 4.69) is 62.4 Å². The maximum absolute atomic E-state index is 5.91. The minimum atomic E-state index is -0.0136. The lowest BCUT2D eigenvalue weighted by Crippen LogP contribution is -2.15. The molecular formula is C40H46O9. The minimum Gasteiger partial charge on any atom is -0.493 e. The van der Waals surface area contributed by atoms with Crippen LogP contribution in [0.15, 0.2) is 97.1 Å². The van der Waals surface area contributed by atoms with Gasteiger partial charge in [-0.1, -0.05) is 62.4 Å². The SMILES string of the molecule is CC(COc1ccc(-c2ccc(OCCOCCOc3ccc(-c4ccc(OCC(C)COC5CO5)cc4)cc3)cc2)cc1)COC1CO1. The molecule has 0 spiro atoms. The Morgan fingerprint density at radius 1 is 0.449 bits per heavy atom. The molecule has 2 heterocycles. The molecule has 4 atom stereocenters. The summed E-state index contributed by atoms with van der Waals surface area (Å²) in [5.41, 5.74) is 4.46. The quantitative estimate of drug-likeness (QED) is 0.0633. The monoisotopic (exact) mass is 670 g/mol. The van der Waals surface area contributed by atoms with Crippen molar-refractivity contribution in [3.8, 4) is 45.3 Å². The number of hydrogen-bond donors (Lipinski definition) is 0. The van der Waals surface area contributed by atoms with E-state index < -0.39 is 0 Å². The van der Waals surface area contributed by atoms with Crippen LogP contribution in [0.1, 0.15) is 13.8 Å². The van der Waals surface area contributed by atoms with Gasteiger partial charge in [0.2, 0.25) is 0 Å². The molecule has 4 aromatic rings. The van der Waals surface area contributed by atoms with E-state index in [1.807, 2.05) is 48.5 Å². The highest BCUT2D eigenvalue weighted by Crippen LogP contribution is 2.27. The first kappa shape index (κ1) is 34.7. The molecule has 2 aliphatic rings. The van der Waals surface area contributed by atoms with E-state index in [9.17, 15) is 0 Å². The normalized spacial score (nSPS) is 17.6. The van der Waals surface area contributed by atoms with Crippen LogP contribution in [0.3, 0.4) is 0 Å². The lowest BCUT2D eigenvalue weighted by Gasteiger charge is -2.13. The van der Waals surface area contributed by atoms with E-state index in [1.54, 1.807) is 0 Å². The van der Waals surface area contributed by atoms with Gasteiger partial charge in [0.05, 0.1) is 39.6 Å². The summed E-state index contributed by atoms with van der Waals surface area (Å²) in [5, 5.41) is 0. The van der Waals surface area contributed by atoms with Gasteiger partial charge in [-0.05, 0) is 70.8 Å². The molecule has 6 rings (SSSR count). The summed E-state index contributed by atoms with van der Waals surface area (Å²) < 4.78 is 50.5. The van der Waals surface area contributed by atoms with Gasteiger partial charge >= 0.3 is 0 Å². The molecule has 0 saturated carbocycles. The van der Waals surface area contributed by atoms with Crippen LogP contribution < -0.4 is 18.9 Å². The largest absolute Gasteiger partial charge is 0.493 e. The van der Waals surface area contributed by atoms with Crippen molar-refractivity contribution in [2.24, 2.45) is 11.8 Å². The van der Waals surface area contributed by atoms with Gasteiger partial charge in [0, 0.05) is 11.8 Å². The molecule has 0 N–H and O–H groups in total. The lowest BCUT2D eigenvalue weighted by molar-refractivity contribution is 0.0215. The van der Waals surface area contributed by atoms with Gasteiger partial charge in [0.15, 0.2) is 12.6 Å². The van der Waals surface area contributed by atoms with Crippen LogP contribution in [0.5, 0.6) is 23.0 Å². The van der Waals surface area contributed by atoms with Crippen molar-refractivity contribution in [3.05, 3.63) is 97.1 Å². The molecule has 4 unspecified atom stereocenters. The van der Waals surface area contributed by atoms with E-state index in [0.29, 0.717) is 77.9 Å². The third-order valence-electron chi connectivity index (χ3n) is 7.88. The standard InChI is InChI=1S/C40H46O9/c1-29(25-46-39-27-48-39)23-44-37-15-7-33(8-16-37)31-3-11-35(12-4-31)42-21-19-41-20-22-43-36-13-5-32(6-14-36)34-9-17-38(18-10-34)45-24-30(2)26-47-40-28-49-40/h3-18,29-30,39-40H,19-28H2,1-2H3. The van der Waals surface area contributed by atoms with E-state index in [1.165, 1.54) is 0 Å². The van der Waals surface area contributed by atoms with Crippen molar-refractivity contribution >= 4 is 0 Å². The molecule has 260 valence electrons. The Hall–Kier alpha value is -4.12. The van der Waals surface area contributed by atoms with Crippen LogP contribution in [0.4, 0.5) is 0 Å². The maximum Gasteiger partial charge on any atom is 0.181 e. The van der Waals surface area contributed by atoms with Crippen LogP contribution in [0.25, 0.3) is 22.3 Å². The van der Waals surface area contributed by atoms with Crippen molar-refractivity contribution < 1.29 is 42.6 Å². The van der Waals surface area contributed by atoms with Crippen LogP contribution in [0, 0.1) is 11.8 Å². The van der Waals surface area contributed by atoms with Crippen LogP contribution >= 0.6 is 0 Å². The Kier molecular flexibility index (Phi) is 12.8. The second-order valence-corrected chi connectivity index (χ2v) is 12.4. The Labute approximate surface area is 288 Å². The van der Waals surface area contributed by atoms with Gasteiger partial charge in [-0.25, -0.2) is 0 Å². The topological polar surface area (TPSA) is 89.7 Å². The molecule has 9 heteroatoms. The third-order valence-corrected chi connectivity index (χ3v) is 7.88. The van der Waals surface area contributed by atoms with Gasteiger partial charge < -0.3 is 42.6 Å². The summed E-state index contributed by atoms with van der Waals surface area (Å²) in [5.74, 6) is 3.89. The summed E-state index contributed by atoms with van der Waals surface area (Å²) in [6.45, 7) is 9.97. The summed E-state index contributed by atoms with van der Waals surface area (Å²) in [6, 6.07) is 32.4. The van der Waals surface area contributed by atoms with Crippen molar-refractivity contribution in [3.63, 3.8) is 0 Å². The maximum atomic E-state index is 5.91. The molecule has 0 aliphatic carbocycles.